The van der Waals surface area contributed by atoms with Crippen molar-refractivity contribution in [3.63, 3.8) is 0 Å². The summed E-state index contributed by atoms with van der Waals surface area (Å²) in [4.78, 5) is 13.3. The fraction of sp³-hybridized carbons (Fsp3) is 0.708. The molecule has 5 saturated carbocycles. The summed E-state index contributed by atoms with van der Waals surface area (Å²) in [6.45, 7) is 0.802. The standard InChI is InChI=1S/C24H34N2O/c25-15-16-6-8-21(9-7-16)26-23(27)22-18-10-17-11-19(22)14-24(12-17,13-18)20-4-2-1-3-5-20/h1-5,16-19,21-22H,6-15,25H2,(H,26,27)/t16?,17?,18-,19+,21?,22?,24?. The van der Waals surface area contributed by atoms with Crippen molar-refractivity contribution in [1.82, 2.24) is 5.32 Å². The lowest BCUT2D eigenvalue weighted by Gasteiger charge is -2.60. The summed E-state index contributed by atoms with van der Waals surface area (Å²) in [5.41, 5.74) is 7.70. The van der Waals surface area contributed by atoms with Gasteiger partial charge in [-0.3, -0.25) is 4.79 Å². The molecule has 5 aliphatic rings. The molecule has 1 aromatic rings. The number of carbonyl (C=O) groups excluding carboxylic acids is 1. The van der Waals surface area contributed by atoms with E-state index in [9.17, 15) is 4.79 Å². The molecule has 27 heavy (non-hydrogen) atoms. The molecular weight excluding hydrogens is 332 g/mol. The van der Waals surface area contributed by atoms with E-state index in [-0.39, 0.29) is 5.92 Å². The van der Waals surface area contributed by atoms with E-state index in [1.165, 1.54) is 50.5 Å². The summed E-state index contributed by atoms with van der Waals surface area (Å²) >= 11 is 0. The predicted molar refractivity (Wildman–Crippen MR) is 108 cm³/mol. The van der Waals surface area contributed by atoms with Crippen LogP contribution in [-0.4, -0.2) is 18.5 Å². The van der Waals surface area contributed by atoms with Crippen LogP contribution in [0, 0.1) is 29.6 Å². The summed E-state index contributed by atoms with van der Waals surface area (Å²) in [6.07, 6.45) is 11.0. The summed E-state index contributed by atoms with van der Waals surface area (Å²) in [5.74, 6) is 3.35. The topological polar surface area (TPSA) is 55.1 Å². The molecule has 3 heteroatoms. The lowest BCUT2D eigenvalue weighted by molar-refractivity contribution is -0.141. The van der Waals surface area contributed by atoms with Gasteiger partial charge in [-0.2, -0.15) is 0 Å². The van der Waals surface area contributed by atoms with Crippen molar-refractivity contribution in [3.8, 4) is 0 Å². The van der Waals surface area contributed by atoms with Gasteiger partial charge in [0, 0.05) is 12.0 Å². The predicted octanol–water partition coefficient (Wildman–Crippen LogP) is 4.01. The Morgan fingerprint density at radius 3 is 2.30 bits per heavy atom. The minimum absolute atomic E-state index is 0.269. The molecule has 0 aromatic heterocycles. The molecule has 0 saturated heterocycles. The fourth-order valence-corrected chi connectivity index (χ4v) is 7.44. The molecule has 0 heterocycles. The van der Waals surface area contributed by atoms with Crippen molar-refractivity contribution in [2.24, 2.45) is 35.3 Å². The highest BCUT2D eigenvalue weighted by Crippen LogP contribution is 2.62. The maximum Gasteiger partial charge on any atom is 0.223 e. The molecule has 0 aliphatic heterocycles. The molecule has 5 atom stereocenters. The van der Waals surface area contributed by atoms with E-state index in [0.717, 1.165) is 25.3 Å². The van der Waals surface area contributed by atoms with Crippen molar-refractivity contribution in [1.29, 1.82) is 0 Å². The molecule has 5 fully saturated rings. The number of rotatable bonds is 4. The first kappa shape index (κ1) is 17.7. The van der Waals surface area contributed by atoms with Gasteiger partial charge in [-0.15, -0.1) is 0 Å². The highest BCUT2D eigenvalue weighted by Gasteiger charge is 2.57. The second-order valence-corrected chi connectivity index (χ2v) is 10.1. The Balaban J connectivity index is 1.29. The van der Waals surface area contributed by atoms with Crippen LogP contribution in [0.15, 0.2) is 30.3 Å². The molecule has 1 amide bonds. The molecule has 5 aliphatic carbocycles. The molecule has 6 rings (SSSR count). The zero-order valence-electron chi connectivity index (χ0n) is 16.4. The minimum atomic E-state index is 0.269. The molecular formula is C24H34N2O. The first-order valence-corrected chi connectivity index (χ1v) is 11.2. The van der Waals surface area contributed by atoms with Crippen molar-refractivity contribution >= 4 is 5.91 Å². The number of nitrogens with one attached hydrogen (secondary N) is 1. The summed E-state index contributed by atoms with van der Waals surface area (Å²) in [6, 6.07) is 11.6. The number of nitrogens with two attached hydrogens (primary N) is 1. The molecule has 3 nitrogen and oxygen atoms in total. The second-order valence-electron chi connectivity index (χ2n) is 10.1. The van der Waals surface area contributed by atoms with Crippen LogP contribution < -0.4 is 11.1 Å². The monoisotopic (exact) mass is 366 g/mol. The van der Waals surface area contributed by atoms with E-state index in [0.29, 0.717) is 35.1 Å². The summed E-state index contributed by atoms with van der Waals surface area (Å²) < 4.78 is 0. The number of hydrogen-bond donors (Lipinski definition) is 2. The van der Waals surface area contributed by atoms with Gasteiger partial charge < -0.3 is 11.1 Å². The first-order chi connectivity index (χ1) is 13.2. The van der Waals surface area contributed by atoms with Crippen molar-refractivity contribution in [2.45, 2.75) is 69.2 Å². The van der Waals surface area contributed by atoms with E-state index in [1.54, 1.807) is 0 Å². The third-order valence-corrected chi connectivity index (χ3v) is 8.49. The Kier molecular flexibility index (Phi) is 4.54. The van der Waals surface area contributed by atoms with Gasteiger partial charge in [-0.05, 0) is 99.0 Å². The molecule has 0 spiro atoms. The van der Waals surface area contributed by atoms with Crippen LogP contribution in [0.25, 0.3) is 0 Å². The Morgan fingerprint density at radius 2 is 1.67 bits per heavy atom. The SMILES string of the molecule is NCC1CCC(NC(=O)C2[C@@H]3CC4C[C@H]2CC(c2ccccc2)(C4)C3)CC1. The van der Waals surface area contributed by atoms with Gasteiger partial charge in [0.25, 0.3) is 0 Å². The van der Waals surface area contributed by atoms with Crippen molar-refractivity contribution < 1.29 is 4.79 Å². The van der Waals surface area contributed by atoms with E-state index in [1.807, 2.05) is 0 Å². The van der Waals surface area contributed by atoms with Gasteiger partial charge in [0.05, 0.1) is 0 Å². The fourth-order valence-electron chi connectivity index (χ4n) is 7.44. The Hall–Kier alpha value is -1.35. The van der Waals surface area contributed by atoms with Gasteiger partial charge in [0.1, 0.15) is 0 Å². The minimum Gasteiger partial charge on any atom is -0.353 e. The summed E-state index contributed by atoms with van der Waals surface area (Å²) in [5, 5.41) is 3.46. The van der Waals surface area contributed by atoms with Crippen LogP contribution in [0.5, 0.6) is 0 Å². The highest BCUT2D eigenvalue weighted by molar-refractivity contribution is 5.80. The maximum atomic E-state index is 13.3. The van der Waals surface area contributed by atoms with Crippen LogP contribution in [-0.2, 0) is 10.2 Å². The lowest BCUT2D eigenvalue weighted by Crippen LogP contribution is -2.57. The van der Waals surface area contributed by atoms with Crippen LogP contribution >= 0.6 is 0 Å². The van der Waals surface area contributed by atoms with E-state index < -0.39 is 0 Å². The smallest absolute Gasteiger partial charge is 0.223 e. The average Bonchev–Trinajstić information content (AvgIpc) is 2.68. The quantitative estimate of drug-likeness (QED) is 0.846. The number of benzene rings is 1. The first-order valence-electron chi connectivity index (χ1n) is 11.2. The number of hydrogen-bond acceptors (Lipinski definition) is 2. The second kappa shape index (κ2) is 6.92. The molecule has 3 N–H and O–H groups in total. The molecule has 1 aromatic carbocycles. The lowest BCUT2D eigenvalue weighted by atomic mass is 9.44. The number of carbonyl (C=O) groups is 1. The highest BCUT2D eigenvalue weighted by atomic mass is 16.2. The number of amides is 1. The summed E-state index contributed by atoms with van der Waals surface area (Å²) in [7, 11) is 0. The third kappa shape index (κ3) is 3.12. The van der Waals surface area contributed by atoms with Gasteiger partial charge >= 0.3 is 0 Å². The van der Waals surface area contributed by atoms with Crippen molar-refractivity contribution in [2.75, 3.05) is 6.54 Å². The van der Waals surface area contributed by atoms with E-state index >= 15 is 0 Å². The van der Waals surface area contributed by atoms with Gasteiger partial charge in [-0.25, -0.2) is 0 Å². The average molecular weight is 367 g/mol. The molecule has 3 unspecified atom stereocenters. The van der Waals surface area contributed by atoms with Gasteiger partial charge in [0.15, 0.2) is 0 Å². The van der Waals surface area contributed by atoms with Gasteiger partial charge in [-0.1, -0.05) is 30.3 Å². The molecule has 4 bridgehead atoms. The largest absolute Gasteiger partial charge is 0.353 e. The Morgan fingerprint density at radius 1 is 1.00 bits per heavy atom. The Labute approximate surface area is 163 Å². The van der Waals surface area contributed by atoms with Gasteiger partial charge in [0.2, 0.25) is 5.91 Å². The van der Waals surface area contributed by atoms with E-state index in [4.69, 9.17) is 5.73 Å². The zero-order chi connectivity index (χ0) is 18.4. The normalized spacial score (nSPS) is 42.9. The van der Waals surface area contributed by atoms with Crippen LogP contribution in [0.1, 0.15) is 63.4 Å². The van der Waals surface area contributed by atoms with Crippen molar-refractivity contribution in [3.05, 3.63) is 35.9 Å². The Bertz CT molecular complexity index is 663. The molecule has 0 radical (unpaired) electrons. The maximum absolute atomic E-state index is 13.3. The zero-order valence-corrected chi connectivity index (χ0v) is 16.4. The van der Waals surface area contributed by atoms with E-state index in [2.05, 4.69) is 35.6 Å². The van der Waals surface area contributed by atoms with Crippen LogP contribution in [0.4, 0.5) is 0 Å². The van der Waals surface area contributed by atoms with Crippen LogP contribution in [0.3, 0.4) is 0 Å². The third-order valence-electron chi connectivity index (χ3n) is 8.49. The van der Waals surface area contributed by atoms with Crippen LogP contribution in [0.2, 0.25) is 0 Å². The molecule has 146 valence electrons.